The fourth-order valence-electron chi connectivity index (χ4n) is 6.61. The molecule has 0 radical (unpaired) electrons. The van der Waals surface area contributed by atoms with E-state index >= 15 is 0 Å². The maximum Gasteiger partial charge on any atom is 0.376 e. The van der Waals surface area contributed by atoms with Gasteiger partial charge in [-0.3, -0.25) is 0 Å². The van der Waals surface area contributed by atoms with Gasteiger partial charge in [0.05, 0.1) is 24.5 Å². The van der Waals surface area contributed by atoms with Crippen molar-refractivity contribution in [3.8, 4) is 12.3 Å². The highest BCUT2D eigenvalue weighted by Crippen LogP contribution is 2.27. The van der Waals surface area contributed by atoms with Crippen molar-refractivity contribution in [3.63, 3.8) is 0 Å². The molecule has 5 heterocycles. The van der Waals surface area contributed by atoms with Crippen LogP contribution in [-0.2, 0) is 38.9 Å². The summed E-state index contributed by atoms with van der Waals surface area (Å²) in [6, 6.07) is 19.2. The Labute approximate surface area is 297 Å². The number of halogens is 1. The van der Waals surface area contributed by atoms with Gasteiger partial charge in [-0.2, -0.15) is 20.5 Å². The first-order chi connectivity index (χ1) is 23.4. The largest absolute Gasteiger partial charge is 0.437 e. The predicted molar refractivity (Wildman–Crippen MR) is 201 cm³/mol. The number of rotatable bonds is 4. The molecule has 3 aromatic rings. The Kier molecular flexibility index (Phi) is 12.8. The lowest BCUT2D eigenvalue weighted by atomic mass is 9.81. The number of terminal acetylenes is 1. The lowest BCUT2D eigenvalue weighted by Crippen LogP contribution is -2.40. The highest BCUT2D eigenvalue weighted by Gasteiger charge is 2.23. The van der Waals surface area contributed by atoms with Crippen LogP contribution in [0.25, 0.3) is 11.4 Å². The van der Waals surface area contributed by atoms with Gasteiger partial charge >= 0.3 is 14.1 Å². The molecule has 0 atom stereocenters. The molecule has 0 bridgehead atoms. The van der Waals surface area contributed by atoms with Crippen molar-refractivity contribution in [3.05, 3.63) is 117 Å². The van der Waals surface area contributed by atoms with E-state index in [9.17, 15) is 10.0 Å². The molecule has 0 spiro atoms. The Morgan fingerprint density at radius 3 is 1.71 bits per heavy atom. The van der Waals surface area contributed by atoms with Gasteiger partial charge in [0.25, 0.3) is 0 Å². The number of nitrogens with zero attached hydrogens (tertiary/aromatic N) is 6. The van der Waals surface area contributed by atoms with Crippen LogP contribution in [0.2, 0.25) is 13.6 Å². The molecule has 0 saturated carbocycles. The van der Waals surface area contributed by atoms with E-state index in [0.29, 0.717) is 6.54 Å². The molecule has 8 rings (SSSR count). The molecule has 12 heteroatoms. The molecular formula is C37H44B2ClN7O2. The lowest BCUT2D eigenvalue weighted by molar-refractivity contribution is 0.347. The van der Waals surface area contributed by atoms with Crippen molar-refractivity contribution in [2.45, 2.75) is 52.5 Å². The van der Waals surface area contributed by atoms with Crippen molar-refractivity contribution in [1.82, 2.24) is 14.9 Å². The average Bonchev–Trinajstić information content (AvgIpc) is 3.87. The molecule has 0 fully saturated rings. The van der Waals surface area contributed by atoms with E-state index in [-0.39, 0.29) is 26.5 Å². The number of benzene rings is 3. The Hall–Kier alpha value is -3.88. The van der Waals surface area contributed by atoms with Gasteiger partial charge < -0.3 is 25.0 Å². The van der Waals surface area contributed by atoms with E-state index in [2.05, 4.69) is 85.0 Å². The highest BCUT2D eigenvalue weighted by molar-refractivity contribution is 6.45. The summed E-state index contributed by atoms with van der Waals surface area (Å²) in [5.74, 6) is 2.64. The van der Waals surface area contributed by atoms with Crippen LogP contribution in [0.5, 0.6) is 0 Å². The van der Waals surface area contributed by atoms with Crippen molar-refractivity contribution in [2.24, 2.45) is 20.5 Å². The standard InChI is InChI=1S/C13H16BN3O.C12H14BNO.C12H13N3.ClH/c1-14(18)17-7-5-10-2-3-11(8-12(10)9-17)13-4-6-15-16-13;1-3-10-4-5-11-6-7-14(13(2)15)9-12(11)8-10;1-2-10(12-4-6-14-15-12)7-11-8-13-5-3-9(1)11;/h2-4,8,18H,5-7,9H2,1H3;1,4-5,8,15H,6-7,9H2,2H3;1-2,4,7,13H,3,5-6,8H2;1H. The fourth-order valence-corrected chi connectivity index (χ4v) is 6.61. The van der Waals surface area contributed by atoms with Gasteiger partial charge in [0.1, 0.15) is 0 Å². The second kappa shape index (κ2) is 17.2. The monoisotopic (exact) mass is 675 g/mol. The molecule has 0 amide bonds. The molecule has 0 aliphatic carbocycles. The first-order valence-corrected chi connectivity index (χ1v) is 16.9. The first-order valence-electron chi connectivity index (χ1n) is 16.9. The first kappa shape index (κ1) is 36.4. The third-order valence-electron chi connectivity index (χ3n) is 9.49. The molecular weight excluding hydrogens is 632 g/mol. The summed E-state index contributed by atoms with van der Waals surface area (Å²) in [5, 5.41) is 38.8. The van der Waals surface area contributed by atoms with Gasteiger partial charge in [-0.25, -0.2) is 0 Å². The smallest absolute Gasteiger partial charge is 0.376 e. The quantitative estimate of drug-likeness (QED) is 0.245. The Balaban J connectivity index is 0.000000143. The minimum Gasteiger partial charge on any atom is -0.437 e. The van der Waals surface area contributed by atoms with Gasteiger partial charge in [0, 0.05) is 36.3 Å². The van der Waals surface area contributed by atoms with Crippen molar-refractivity contribution in [2.75, 3.05) is 32.7 Å². The van der Waals surface area contributed by atoms with Gasteiger partial charge in [0.15, 0.2) is 0 Å². The molecule has 0 aromatic heterocycles. The lowest BCUT2D eigenvalue weighted by Gasteiger charge is -2.29. The third-order valence-corrected chi connectivity index (χ3v) is 9.49. The summed E-state index contributed by atoms with van der Waals surface area (Å²) in [7, 11) is -0.764. The zero-order valence-corrected chi connectivity index (χ0v) is 29.2. The van der Waals surface area contributed by atoms with Crippen molar-refractivity contribution >= 4 is 37.9 Å². The van der Waals surface area contributed by atoms with E-state index in [1.807, 2.05) is 29.8 Å². The van der Waals surface area contributed by atoms with Gasteiger partial charge in [-0.15, -0.1) is 18.8 Å². The van der Waals surface area contributed by atoms with Crippen LogP contribution in [0.15, 0.2) is 87.2 Å². The van der Waals surface area contributed by atoms with Crippen molar-refractivity contribution < 1.29 is 10.0 Å². The number of fused-ring (bicyclic) bond motifs is 3. The molecule has 5 aliphatic heterocycles. The summed E-state index contributed by atoms with van der Waals surface area (Å²) in [4.78, 5) is 4.12. The van der Waals surface area contributed by atoms with E-state index < -0.39 is 0 Å². The second-order valence-corrected chi connectivity index (χ2v) is 12.8. The van der Waals surface area contributed by atoms with Crippen LogP contribution in [0.3, 0.4) is 0 Å². The molecule has 0 unspecified atom stereocenters. The SMILES string of the molecule is C#Cc1ccc2c(c1)CN(B(C)O)CC2.C1=C(c2ccc3c(c2)CNCC3)N=NC1.CB(O)N1CCc2ccc(C3=CCN=N3)cc2C1.Cl. The van der Waals surface area contributed by atoms with Crippen LogP contribution >= 0.6 is 12.4 Å². The van der Waals surface area contributed by atoms with E-state index in [0.717, 1.165) is 87.6 Å². The summed E-state index contributed by atoms with van der Waals surface area (Å²) < 4.78 is 0. The molecule has 252 valence electrons. The van der Waals surface area contributed by atoms with Gasteiger partial charge in [0.2, 0.25) is 0 Å². The normalized spacial score (nSPS) is 17.4. The maximum atomic E-state index is 9.66. The topological polar surface area (TPSA) is 108 Å². The Bertz CT molecular complexity index is 1800. The van der Waals surface area contributed by atoms with E-state index in [1.165, 1.54) is 38.9 Å². The number of azo groups is 2. The average molecular weight is 676 g/mol. The van der Waals surface area contributed by atoms with Crippen LogP contribution in [0.4, 0.5) is 0 Å². The van der Waals surface area contributed by atoms with E-state index in [1.54, 1.807) is 6.82 Å². The summed E-state index contributed by atoms with van der Waals surface area (Å²) >= 11 is 0. The molecule has 3 aromatic carbocycles. The minimum absolute atomic E-state index is 0. The number of nitrogens with one attached hydrogen (secondary N) is 1. The summed E-state index contributed by atoms with van der Waals surface area (Å²) in [6.07, 6.45) is 12.6. The van der Waals surface area contributed by atoms with Crippen LogP contribution in [-0.4, -0.2) is 66.5 Å². The summed E-state index contributed by atoms with van der Waals surface area (Å²) in [6.45, 7) is 10.6. The fraction of sp³-hybridized carbons (Fsp3) is 0.351. The van der Waals surface area contributed by atoms with Gasteiger partial charge in [-0.1, -0.05) is 36.3 Å². The zero-order valence-electron chi connectivity index (χ0n) is 28.3. The Morgan fingerprint density at radius 2 is 1.20 bits per heavy atom. The molecule has 9 nitrogen and oxygen atoms in total. The predicted octanol–water partition coefficient (Wildman–Crippen LogP) is 5.66. The maximum absolute atomic E-state index is 9.66. The van der Waals surface area contributed by atoms with Crippen LogP contribution in [0.1, 0.15) is 50.1 Å². The third kappa shape index (κ3) is 9.22. The highest BCUT2D eigenvalue weighted by atomic mass is 35.5. The van der Waals surface area contributed by atoms with Crippen molar-refractivity contribution in [1.29, 1.82) is 0 Å². The zero-order chi connectivity index (χ0) is 33.5. The molecule has 5 aliphatic rings. The van der Waals surface area contributed by atoms with Gasteiger partial charge in [-0.05, 0) is 122 Å². The second-order valence-electron chi connectivity index (χ2n) is 12.8. The minimum atomic E-state index is -0.382. The van der Waals surface area contributed by atoms with E-state index in [4.69, 9.17) is 6.42 Å². The van der Waals surface area contributed by atoms with Crippen LogP contribution in [0, 0.1) is 12.3 Å². The number of hydrogen-bond acceptors (Lipinski definition) is 9. The number of hydrogen-bond donors (Lipinski definition) is 3. The summed E-state index contributed by atoms with van der Waals surface area (Å²) in [5.41, 5.74) is 13.4. The van der Waals surface area contributed by atoms with Crippen LogP contribution < -0.4 is 5.32 Å². The Morgan fingerprint density at radius 1 is 0.694 bits per heavy atom. The molecule has 49 heavy (non-hydrogen) atoms. The molecule has 0 saturated heterocycles. The molecule has 3 N–H and O–H groups in total.